The number of ether oxygens (including phenoxy) is 1. The second kappa shape index (κ2) is 9.99. The van der Waals surface area contributed by atoms with Crippen LogP contribution in [0.5, 0.6) is 11.5 Å². The summed E-state index contributed by atoms with van der Waals surface area (Å²) in [6, 6.07) is 27.2. The van der Waals surface area contributed by atoms with Gasteiger partial charge in [-0.25, -0.2) is 0 Å². The lowest BCUT2D eigenvalue weighted by molar-refractivity contribution is -0.384. The summed E-state index contributed by atoms with van der Waals surface area (Å²) < 4.78 is 5.68. The van der Waals surface area contributed by atoms with Crippen molar-refractivity contribution in [3.05, 3.63) is 112 Å². The zero-order valence-corrected chi connectivity index (χ0v) is 18.1. The van der Waals surface area contributed by atoms with Crippen molar-refractivity contribution >= 4 is 34.1 Å². The number of nitro benzene ring substituents is 1. The molecule has 0 unspecified atom stereocenters. The highest BCUT2D eigenvalue weighted by molar-refractivity contribution is 6.12. The number of hydrogen-bond donors (Lipinski definition) is 1. The van der Waals surface area contributed by atoms with E-state index < -0.39 is 10.8 Å². The summed E-state index contributed by atoms with van der Waals surface area (Å²) in [6.07, 6.45) is 1.46. The van der Waals surface area contributed by atoms with Gasteiger partial charge in [-0.2, -0.15) is 10.5 Å². The lowest BCUT2D eigenvalue weighted by Crippen LogP contribution is -2.13. The number of nitro groups is 1. The van der Waals surface area contributed by atoms with E-state index in [9.17, 15) is 25.4 Å². The molecule has 8 heteroatoms. The summed E-state index contributed by atoms with van der Waals surface area (Å²) in [5.74, 6) is 0.0218. The van der Waals surface area contributed by atoms with Gasteiger partial charge in [0.1, 0.15) is 34.8 Å². The average molecular weight is 460 g/mol. The summed E-state index contributed by atoms with van der Waals surface area (Å²) in [5.41, 5.74) is 0.939. The minimum absolute atomic E-state index is 0.0278. The fraction of sp³-hybridized carbons (Fsp3) is 0. The molecular weight excluding hydrogens is 444 g/mol. The fourth-order valence-electron chi connectivity index (χ4n) is 3.41. The Morgan fingerprint density at radius 1 is 0.971 bits per heavy atom. The first-order valence-corrected chi connectivity index (χ1v) is 10.4. The van der Waals surface area contributed by atoms with E-state index in [4.69, 9.17) is 4.74 Å². The standard InChI is InChI=1S/C27H16N4O4/c28-16-20-15-22(31(33)34)10-13-26(20)35-23-11-8-18(9-12-23)14-21(17-29)27(32)30-25-7-3-5-19-4-1-2-6-24(19)25/h1-15H,(H,30,32)/b21-14+. The van der Waals surface area contributed by atoms with Gasteiger partial charge >= 0.3 is 0 Å². The number of non-ortho nitro benzene ring substituents is 1. The van der Waals surface area contributed by atoms with E-state index in [1.54, 1.807) is 30.3 Å². The molecule has 0 aliphatic rings. The number of carbonyl (C=O) groups is 1. The highest BCUT2D eigenvalue weighted by Gasteiger charge is 2.13. The Morgan fingerprint density at radius 2 is 1.71 bits per heavy atom. The van der Waals surface area contributed by atoms with E-state index >= 15 is 0 Å². The molecule has 0 spiro atoms. The fourth-order valence-corrected chi connectivity index (χ4v) is 3.41. The lowest BCUT2D eigenvalue weighted by Gasteiger charge is -2.09. The number of rotatable bonds is 6. The first-order valence-electron chi connectivity index (χ1n) is 10.4. The van der Waals surface area contributed by atoms with Crippen LogP contribution in [0.3, 0.4) is 0 Å². The summed E-state index contributed by atoms with van der Waals surface area (Å²) in [7, 11) is 0. The lowest BCUT2D eigenvalue weighted by atomic mass is 10.1. The first kappa shape index (κ1) is 22.7. The zero-order valence-electron chi connectivity index (χ0n) is 18.1. The van der Waals surface area contributed by atoms with Crippen LogP contribution in [0.2, 0.25) is 0 Å². The molecule has 4 rings (SSSR count). The molecule has 0 aromatic heterocycles. The predicted octanol–water partition coefficient (Wildman–Crippen LogP) is 5.96. The van der Waals surface area contributed by atoms with Crippen molar-refractivity contribution in [2.75, 3.05) is 5.32 Å². The number of fused-ring (bicyclic) bond motifs is 1. The monoisotopic (exact) mass is 460 g/mol. The number of nitrogens with one attached hydrogen (secondary N) is 1. The molecule has 168 valence electrons. The Hall–Kier alpha value is -5.47. The molecule has 4 aromatic rings. The zero-order chi connectivity index (χ0) is 24.8. The number of carbonyl (C=O) groups excluding carboxylic acids is 1. The van der Waals surface area contributed by atoms with Crippen LogP contribution in [0, 0.1) is 32.8 Å². The second-order valence-electron chi connectivity index (χ2n) is 7.37. The van der Waals surface area contributed by atoms with Crippen LogP contribution in [0.25, 0.3) is 16.8 Å². The van der Waals surface area contributed by atoms with Crippen LogP contribution in [0.15, 0.2) is 90.5 Å². The van der Waals surface area contributed by atoms with Crippen molar-refractivity contribution in [3.8, 4) is 23.6 Å². The number of hydrogen-bond acceptors (Lipinski definition) is 6. The van der Waals surface area contributed by atoms with Crippen LogP contribution in [-0.2, 0) is 4.79 Å². The van der Waals surface area contributed by atoms with Gasteiger partial charge in [-0.3, -0.25) is 14.9 Å². The van der Waals surface area contributed by atoms with Crippen molar-refractivity contribution in [2.45, 2.75) is 0 Å². The Bertz CT molecular complexity index is 1560. The van der Waals surface area contributed by atoms with Gasteiger partial charge in [-0.1, -0.05) is 48.5 Å². The molecule has 0 radical (unpaired) electrons. The van der Waals surface area contributed by atoms with Gasteiger partial charge < -0.3 is 10.1 Å². The molecular formula is C27H16N4O4. The molecule has 0 fully saturated rings. The van der Waals surface area contributed by atoms with Gasteiger partial charge in [0.05, 0.1) is 4.92 Å². The smallest absolute Gasteiger partial charge is 0.271 e. The van der Waals surface area contributed by atoms with E-state index in [0.29, 0.717) is 17.0 Å². The molecule has 0 saturated carbocycles. The van der Waals surface area contributed by atoms with Crippen molar-refractivity contribution in [2.24, 2.45) is 0 Å². The quantitative estimate of drug-likeness (QED) is 0.164. The van der Waals surface area contributed by atoms with Crippen molar-refractivity contribution in [1.82, 2.24) is 0 Å². The van der Waals surface area contributed by atoms with E-state index in [0.717, 1.165) is 16.8 Å². The maximum atomic E-state index is 12.7. The van der Waals surface area contributed by atoms with Gasteiger partial charge in [0.15, 0.2) is 0 Å². The summed E-state index contributed by atoms with van der Waals surface area (Å²) in [5, 5.41) is 34.3. The van der Waals surface area contributed by atoms with Crippen LogP contribution < -0.4 is 10.1 Å². The van der Waals surface area contributed by atoms with Crippen LogP contribution in [0.4, 0.5) is 11.4 Å². The van der Waals surface area contributed by atoms with Crippen molar-refractivity contribution in [1.29, 1.82) is 10.5 Å². The minimum Gasteiger partial charge on any atom is -0.456 e. The van der Waals surface area contributed by atoms with E-state index in [-0.39, 0.29) is 22.6 Å². The van der Waals surface area contributed by atoms with Gasteiger partial charge in [-0.05, 0) is 41.3 Å². The minimum atomic E-state index is -0.588. The van der Waals surface area contributed by atoms with Crippen molar-refractivity contribution < 1.29 is 14.5 Å². The predicted molar refractivity (Wildman–Crippen MR) is 130 cm³/mol. The summed E-state index contributed by atoms with van der Waals surface area (Å²) in [6.45, 7) is 0. The second-order valence-corrected chi connectivity index (χ2v) is 7.37. The molecule has 1 N–H and O–H groups in total. The number of anilines is 1. The summed E-state index contributed by atoms with van der Waals surface area (Å²) in [4.78, 5) is 23.0. The third-order valence-corrected chi connectivity index (χ3v) is 5.12. The molecule has 0 atom stereocenters. The van der Waals surface area contributed by atoms with E-state index in [1.165, 1.54) is 18.2 Å². The first-order chi connectivity index (χ1) is 17.0. The van der Waals surface area contributed by atoms with E-state index in [1.807, 2.05) is 48.5 Å². The summed E-state index contributed by atoms with van der Waals surface area (Å²) >= 11 is 0. The Morgan fingerprint density at radius 3 is 2.43 bits per heavy atom. The molecule has 0 saturated heterocycles. The molecule has 4 aromatic carbocycles. The largest absolute Gasteiger partial charge is 0.456 e. The maximum Gasteiger partial charge on any atom is 0.271 e. The topological polar surface area (TPSA) is 129 Å². The third kappa shape index (κ3) is 5.14. The van der Waals surface area contributed by atoms with E-state index in [2.05, 4.69) is 5.32 Å². The highest BCUT2D eigenvalue weighted by atomic mass is 16.6. The Kier molecular flexibility index (Phi) is 6.48. The third-order valence-electron chi connectivity index (χ3n) is 5.12. The Labute approximate surface area is 200 Å². The van der Waals surface area contributed by atoms with Crippen LogP contribution >= 0.6 is 0 Å². The molecule has 0 bridgehead atoms. The Balaban J connectivity index is 1.51. The molecule has 1 amide bonds. The number of nitrogens with zero attached hydrogens (tertiary/aromatic N) is 3. The van der Waals surface area contributed by atoms with Crippen LogP contribution in [0.1, 0.15) is 11.1 Å². The molecule has 0 aliphatic carbocycles. The van der Waals surface area contributed by atoms with Crippen LogP contribution in [-0.4, -0.2) is 10.8 Å². The maximum absolute atomic E-state index is 12.7. The van der Waals surface area contributed by atoms with Gasteiger partial charge in [0.2, 0.25) is 0 Å². The number of benzene rings is 4. The average Bonchev–Trinajstić information content (AvgIpc) is 2.88. The normalized spacial score (nSPS) is 10.7. The number of amides is 1. The molecule has 0 aliphatic heterocycles. The molecule has 8 nitrogen and oxygen atoms in total. The number of nitriles is 2. The van der Waals surface area contributed by atoms with Gasteiger partial charge in [-0.15, -0.1) is 0 Å². The van der Waals surface area contributed by atoms with Gasteiger partial charge in [0.25, 0.3) is 11.6 Å². The highest BCUT2D eigenvalue weighted by Crippen LogP contribution is 2.29. The molecule has 35 heavy (non-hydrogen) atoms. The SMILES string of the molecule is N#C/C(=C\c1ccc(Oc2ccc([N+](=O)[O-])cc2C#N)cc1)C(=O)Nc1cccc2ccccc12. The van der Waals surface area contributed by atoms with Crippen molar-refractivity contribution in [3.63, 3.8) is 0 Å². The van der Waals surface area contributed by atoms with Gasteiger partial charge in [0, 0.05) is 23.2 Å². The molecule has 0 heterocycles.